The molecule has 0 atom stereocenters. The Balaban J connectivity index is 0.995. The van der Waals surface area contributed by atoms with Gasteiger partial charge in [-0.1, -0.05) is 178 Å². The van der Waals surface area contributed by atoms with Crippen LogP contribution in [0.3, 0.4) is 0 Å². The van der Waals surface area contributed by atoms with Crippen molar-refractivity contribution in [3.63, 3.8) is 0 Å². The summed E-state index contributed by atoms with van der Waals surface area (Å²) >= 11 is 1.93. The fourth-order valence-corrected chi connectivity index (χ4v) is 11.3. The normalized spacial score (nSPS) is 13.3. The molecule has 56 heavy (non-hydrogen) atoms. The Morgan fingerprint density at radius 3 is 1.41 bits per heavy atom. The highest BCUT2D eigenvalue weighted by Crippen LogP contribution is 2.53. The van der Waals surface area contributed by atoms with E-state index in [1.54, 1.807) is 0 Å². The van der Waals surface area contributed by atoms with Gasteiger partial charge in [-0.3, -0.25) is 0 Å². The van der Waals surface area contributed by atoms with Gasteiger partial charge in [-0.2, -0.15) is 0 Å². The van der Waals surface area contributed by atoms with Gasteiger partial charge in [-0.25, -0.2) is 0 Å². The van der Waals surface area contributed by atoms with Crippen LogP contribution in [-0.2, 0) is 5.41 Å². The SMILES string of the molecule is CC1(C)c2cc(-c3ccc4c(c3)sc3c5ccccc5c5ccccc5c43)ccc2-c2ccc(-c3c4ccccc4c(-c4ccccc4)c4ccccc34)cc21. The lowest BCUT2D eigenvalue weighted by molar-refractivity contribution is 0.661. The average Bonchev–Trinajstić information content (AvgIpc) is 3.75. The topological polar surface area (TPSA) is 0 Å². The van der Waals surface area contributed by atoms with Gasteiger partial charge in [-0.05, 0) is 112 Å². The molecule has 1 aromatic heterocycles. The van der Waals surface area contributed by atoms with E-state index in [0.29, 0.717) is 0 Å². The molecular weight excluding hydrogens is 693 g/mol. The predicted molar refractivity (Wildman–Crippen MR) is 243 cm³/mol. The predicted octanol–water partition coefficient (Wildman–Crippen LogP) is 16.0. The molecule has 0 radical (unpaired) electrons. The van der Waals surface area contributed by atoms with Gasteiger partial charge in [0.25, 0.3) is 0 Å². The zero-order valence-electron chi connectivity index (χ0n) is 31.2. The van der Waals surface area contributed by atoms with Crippen molar-refractivity contribution >= 4 is 74.6 Å². The van der Waals surface area contributed by atoms with E-state index in [2.05, 4.69) is 196 Å². The summed E-state index contributed by atoms with van der Waals surface area (Å²) in [6.45, 7) is 4.82. The van der Waals surface area contributed by atoms with Gasteiger partial charge in [0.2, 0.25) is 0 Å². The minimum Gasteiger partial charge on any atom is -0.134 e. The fourth-order valence-electron chi connectivity index (χ4n) is 10.0. The second kappa shape index (κ2) is 11.7. The molecule has 262 valence electrons. The van der Waals surface area contributed by atoms with Crippen LogP contribution < -0.4 is 0 Å². The summed E-state index contributed by atoms with van der Waals surface area (Å²) in [5, 5.41) is 13.2. The maximum atomic E-state index is 2.49. The number of fused-ring (bicyclic) bond motifs is 13. The molecular formula is C55H36S. The molecule has 0 unspecified atom stereocenters. The lowest BCUT2D eigenvalue weighted by Crippen LogP contribution is -2.15. The van der Waals surface area contributed by atoms with Crippen LogP contribution in [0.4, 0.5) is 0 Å². The molecule has 10 aromatic carbocycles. The van der Waals surface area contributed by atoms with Gasteiger partial charge in [0, 0.05) is 31.0 Å². The summed E-state index contributed by atoms with van der Waals surface area (Å²) in [6, 6.07) is 68.1. The Labute approximate surface area is 329 Å². The highest BCUT2D eigenvalue weighted by molar-refractivity contribution is 7.27. The highest BCUT2D eigenvalue weighted by Gasteiger charge is 2.36. The van der Waals surface area contributed by atoms with Crippen molar-refractivity contribution in [3.8, 4) is 44.5 Å². The average molecular weight is 729 g/mol. The monoisotopic (exact) mass is 728 g/mol. The van der Waals surface area contributed by atoms with Crippen LogP contribution in [-0.4, -0.2) is 0 Å². The van der Waals surface area contributed by atoms with E-state index < -0.39 is 0 Å². The van der Waals surface area contributed by atoms with Gasteiger partial charge in [0.15, 0.2) is 0 Å². The second-order valence-corrected chi connectivity index (χ2v) is 17.0. The first-order valence-corrected chi connectivity index (χ1v) is 20.4. The molecule has 0 spiro atoms. The number of rotatable bonds is 3. The molecule has 1 aliphatic carbocycles. The molecule has 11 aromatic rings. The highest BCUT2D eigenvalue weighted by atomic mass is 32.1. The van der Waals surface area contributed by atoms with E-state index in [-0.39, 0.29) is 5.41 Å². The Kier molecular flexibility index (Phi) is 6.66. The maximum Gasteiger partial charge on any atom is 0.0440 e. The van der Waals surface area contributed by atoms with Gasteiger partial charge < -0.3 is 0 Å². The number of hydrogen-bond acceptors (Lipinski definition) is 1. The second-order valence-electron chi connectivity index (χ2n) is 16.0. The molecule has 0 nitrogen and oxygen atoms in total. The molecule has 0 aliphatic heterocycles. The summed E-state index contributed by atoms with van der Waals surface area (Å²) in [7, 11) is 0. The first kappa shape index (κ1) is 31.8. The molecule has 12 rings (SSSR count). The van der Waals surface area contributed by atoms with Crippen molar-refractivity contribution in [2.45, 2.75) is 19.3 Å². The third-order valence-corrected chi connectivity index (χ3v) is 13.8. The van der Waals surface area contributed by atoms with E-state index in [1.807, 2.05) is 11.3 Å². The minimum atomic E-state index is -0.161. The molecule has 0 saturated carbocycles. The third-order valence-electron chi connectivity index (χ3n) is 12.6. The van der Waals surface area contributed by atoms with Crippen LogP contribution in [0.5, 0.6) is 0 Å². The molecule has 1 heteroatoms. The van der Waals surface area contributed by atoms with Crippen LogP contribution in [0.15, 0.2) is 182 Å². The summed E-state index contributed by atoms with van der Waals surface area (Å²) in [6.07, 6.45) is 0. The molecule has 0 fully saturated rings. The van der Waals surface area contributed by atoms with Crippen LogP contribution >= 0.6 is 11.3 Å². The van der Waals surface area contributed by atoms with E-state index in [1.165, 1.54) is 119 Å². The molecule has 0 bridgehead atoms. The molecule has 0 amide bonds. The van der Waals surface area contributed by atoms with Crippen LogP contribution in [0.1, 0.15) is 25.0 Å². The van der Waals surface area contributed by atoms with Gasteiger partial charge in [0.05, 0.1) is 0 Å². The van der Waals surface area contributed by atoms with Gasteiger partial charge in [0.1, 0.15) is 0 Å². The fraction of sp³-hybridized carbons (Fsp3) is 0.0545. The quantitative estimate of drug-likeness (QED) is 0.126. The van der Waals surface area contributed by atoms with E-state index in [9.17, 15) is 0 Å². The largest absolute Gasteiger partial charge is 0.134 e. The van der Waals surface area contributed by atoms with Gasteiger partial charge >= 0.3 is 0 Å². The Bertz CT molecular complexity index is 3380. The lowest BCUT2D eigenvalue weighted by atomic mass is 9.80. The zero-order valence-corrected chi connectivity index (χ0v) is 32.0. The van der Waals surface area contributed by atoms with E-state index >= 15 is 0 Å². The third kappa shape index (κ3) is 4.41. The summed E-state index contributed by atoms with van der Waals surface area (Å²) in [4.78, 5) is 0. The van der Waals surface area contributed by atoms with Crippen molar-refractivity contribution in [3.05, 3.63) is 193 Å². The van der Waals surface area contributed by atoms with Crippen molar-refractivity contribution in [2.24, 2.45) is 0 Å². The smallest absolute Gasteiger partial charge is 0.0440 e. The molecule has 1 aliphatic rings. The maximum absolute atomic E-state index is 2.49. The number of hydrogen-bond donors (Lipinski definition) is 0. The zero-order chi connectivity index (χ0) is 37.1. The van der Waals surface area contributed by atoms with Crippen molar-refractivity contribution in [1.82, 2.24) is 0 Å². The summed E-state index contributed by atoms with van der Waals surface area (Å²) in [5.41, 5.74) is 13.0. The molecule has 0 saturated heterocycles. The first-order valence-electron chi connectivity index (χ1n) is 19.6. The lowest BCUT2D eigenvalue weighted by Gasteiger charge is -2.23. The van der Waals surface area contributed by atoms with Crippen molar-refractivity contribution < 1.29 is 0 Å². The summed E-state index contributed by atoms with van der Waals surface area (Å²) < 4.78 is 2.72. The van der Waals surface area contributed by atoms with Crippen LogP contribution in [0.2, 0.25) is 0 Å². The number of thiophene rings is 1. The van der Waals surface area contributed by atoms with Crippen LogP contribution in [0.25, 0.3) is 108 Å². The standard InChI is InChI=1S/C55H36S/c1-55(2)48-30-34(35-25-29-47-50(32-35)56-54-46-23-13-7-17-38(46)37-16-6-8-18-41(37)53(47)54)24-27-39(48)40-28-26-36(31-49(40)55)52-44-21-11-9-19-42(44)51(33-14-4-3-5-15-33)43-20-10-12-22-45(43)52/h3-32H,1-2H3. The van der Waals surface area contributed by atoms with Crippen LogP contribution in [0, 0.1) is 0 Å². The van der Waals surface area contributed by atoms with Crippen molar-refractivity contribution in [2.75, 3.05) is 0 Å². The van der Waals surface area contributed by atoms with Crippen molar-refractivity contribution in [1.29, 1.82) is 0 Å². The minimum absolute atomic E-state index is 0.161. The number of benzene rings is 10. The van der Waals surface area contributed by atoms with E-state index in [4.69, 9.17) is 0 Å². The Morgan fingerprint density at radius 2 is 0.786 bits per heavy atom. The summed E-state index contributed by atoms with van der Waals surface area (Å²) in [5.74, 6) is 0. The molecule has 1 heterocycles. The van der Waals surface area contributed by atoms with Gasteiger partial charge in [-0.15, -0.1) is 11.3 Å². The Morgan fingerprint density at radius 1 is 0.339 bits per heavy atom. The van der Waals surface area contributed by atoms with E-state index in [0.717, 1.165) is 0 Å². The Hall–Kier alpha value is -6.54. The first-order chi connectivity index (χ1) is 27.5. The molecule has 0 N–H and O–H groups in total.